The van der Waals surface area contributed by atoms with Gasteiger partial charge < -0.3 is 10.6 Å². The molecule has 0 radical (unpaired) electrons. The normalized spacial score (nSPS) is 10.7. The summed E-state index contributed by atoms with van der Waals surface area (Å²) in [5, 5.41) is 5.81. The Morgan fingerprint density at radius 3 is 2.43 bits per heavy atom. The Morgan fingerprint density at radius 1 is 1.13 bits per heavy atom. The van der Waals surface area contributed by atoms with Crippen molar-refractivity contribution < 1.29 is 13.6 Å². The molecule has 0 atom stereocenters. The van der Waals surface area contributed by atoms with Gasteiger partial charge in [0.15, 0.2) is 0 Å². The number of carbonyl (C=O) groups is 1. The zero-order valence-electron chi connectivity index (χ0n) is 12.9. The van der Waals surface area contributed by atoms with Crippen molar-refractivity contribution in [1.29, 1.82) is 0 Å². The fraction of sp³-hybridized carbons (Fsp3) is 0.235. The Kier molecular flexibility index (Phi) is 5.98. The number of nitrogens with one attached hydrogen (secondary N) is 2. The van der Waals surface area contributed by atoms with E-state index in [0.717, 1.165) is 11.3 Å². The molecular formula is C17H18F2N2OS. The second kappa shape index (κ2) is 7.97. The van der Waals surface area contributed by atoms with Crippen LogP contribution in [-0.2, 0) is 4.79 Å². The molecule has 0 bridgehead atoms. The Balaban J connectivity index is 1.87. The van der Waals surface area contributed by atoms with Gasteiger partial charge in [0.1, 0.15) is 0 Å². The number of anilines is 2. The van der Waals surface area contributed by atoms with Crippen LogP contribution in [0.4, 0.5) is 20.2 Å². The lowest BCUT2D eigenvalue weighted by molar-refractivity contribution is -0.114. The molecule has 23 heavy (non-hydrogen) atoms. The molecule has 0 aliphatic rings. The molecule has 0 heterocycles. The maximum atomic E-state index is 12.2. The molecule has 0 aromatic heterocycles. The molecule has 0 fully saturated rings. The van der Waals surface area contributed by atoms with E-state index >= 15 is 0 Å². The van der Waals surface area contributed by atoms with Crippen molar-refractivity contribution in [2.24, 2.45) is 0 Å². The van der Waals surface area contributed by atoms with E-state index in [1.165, 1.54) is 5.56 Å². The van der Waals surface area contributed by atoms with Gasteiger partial charge in [0.25, 0.3) is 5.76 Å². The van der Waals surface area contributed by atoms with Crippen molar-refractivity contribution in [3.05, 3.63) is 53.6 Å². The van der Waals surface area contributed by atoms with Gasteiger partial charge in [-0.1, -0.05) is 29.5 Å². The van der Waals surface area contributed by atoms with Crippen molar-refractivity contribution in [2.45, 2.75) is 24.5 Å². The van der Waals surface area contributed by atoms with Crippen LogP contribution in [0, 0.1) is 13.8 Å². The lowest BCUT2D eigenvalue weighted by atomic mass is 10.1. The number of aryl methyl sites for hydroxylation is 2. The molecule has 2 aromatic carbocycles. The minimum Gasteiger partial charge on any atom is -0.376 e. The second-order valence-corrected chi connectivity index (χ2v) is 6.19. The molecule has 0 unspecified atom stereocenters. The van der Waals surface area contributed by atoms with E-state index in [0.29, 0.717) is 22.3 Å². The van der Waals surface area contributed by atoms with Crippen molar-refractivity contribution >= 4 is 29.0 Å². The van der Waals surface area contributed by atoms with Crippen LogP contribution < -0.4 is 10.6 Å². The Labute approximate surface area is 138 Å². The van der Waals surface area contributed by atoms with Gasteiger partial charge in [-0.25, -0.2) is 0 Å². The number of thioether (sulfide) groups is 1. The van der Waals surface area contributed by atoms with Gasteiger partial charge in [-0.2, -0.15) is 8.78 Å². The summed E-state index contributed by atoms with van der Waals surface area (Å²) in [6.07, 6.45) is 0. The van der Waals surface area contributed by atoms with Gasteiger partial charge in [0, 0.05) is 16.3 Å². The summed E-state index contributed by atoms with van der Waals surface area (Å²) >= 11 is 0.478. The van der Waals surface area contributed by atoms with Gasteiger partial charge >= 0.3 is 0 Å². The molecule has 0 saturated carbocycles. The Morgan fingerprint density at radius 2 is 1.83 bits per heavy atom. The van der Waals surface area contributed by atoms with Gasteiger partial charge in [-0.05, 0) is 49.7 Å². The molecule has 6 heteroatoms. The highest BCUT2D eigenvalue weighted by molar-refractivity contribution is 7.99. The highest BCUT2D eigenvalue weighted by Gasteiger charge is 2.07. The number of alkyl halides is 2. The quantitative estimate of drug-likeness (QED) is 0.753. The summed E-state index contributed by atoms with van der Waals surface area (Å²) in [6.45, 7) is 4.13. The molecule has 1 amide bonds. The summed E-state index contributed by atoms with van der Waals surface area (Å²) in [6, 6.07) is 12.3. The summed E-state index contributed by atoms with van der Waals surface area (Å²) in [5.41, 5.74) is 3.73. The predicted octanol–water partition coefficient (Wildman–Crippen LogP) is 4.67. The van der Waals surface area contributed by atoms with E-state index in [9.17, 15) is 13.6 Å². The van der Waals surface area contributed by atoms with Crippen molar-refractivity contribution in [3.8, 4) is 0 Å². The lowest BCUT2D eigenvalue weighted by Gasteiger charge is -2.11. The van der Waals surface area contributed by atoms with E-state index in [1.54, 1.807) is 24.3 Å². The average Bonchev–Trinajstić information content (AvgIpc) is 2.48. The molecular weight excluding hydrogens is 318 g/mol. The largest absolute Gasteiger partial charge is 0.376 e. The maximum Gasteiger partial charge on any atom is 0.288 e. The van der Waals surface area contributed by atoms with Crippen LogP contribution >= 0.6 is 11.8 Å². The van der Waals surface area contributed by atoms with Crippen LogP contribution in [0.3, 0.4) is 0 Å². The summed E-state index contributed by atoms with van der Waals surface area (Å²) in [4.78, 5) is 12.4. The second-order valence-electron chi connectivity index (χ2n) is 5.12. The van der Waals surface area contributed by atoms with E-state index in [1.807, 2.05) is 32.0 Å². The summed E-state index contributed by atoms with van der Waals surface area (Å²) in [7, 11) is 0. The first-order chi connectivity index (χ1) is 10.9. The van der Waals surface area contributed by atoms with E-state index in [4.69, 9.17) is 0 Å². The molecule has 2 aromatic rings. The number of benzene rings is 2. The third-order valence-electron chi connectivity index (χ3n) is 3.18. The van der Waals surface area contributed by atoms with Crippen LogP contribution in [0.1, 0.15) is 11.1 Å². The van der Waals surface area contributed by atoms with Gasteiger partial charge in [0.2, 0.25) is 5.91 Å². The summed E-state index contributed by atoms with van der Waals surface area (Å²) in [5.74, 6) is -2.64. The first-order valence-electron chi connectivity index (χ1n) is 7.10. The molecule has 0 saturated heterocycles. The Bertz CT molecular complexity index is 675. The smallest absolute Gasteiger partial charge is 0.288 e. The predicted molar refractivity (Wildman–Crippen MR) is 91.3 cm³/mol. The van der Waals surface area contributed by atoms with Crippen LogP contribution in [0.2, 0.25) is 0 Å². The standard InChI is InChI=1S/C17H18F2N2OS/c1-11-3-8-15(12(2)9-11)20-10-16(22)21-13-4-6-14(7-5-13)23-17(18)19/h3-9,17,20H,10H2,1-2H3,(H,21,22). The number of hydrogen-bond donors (Lipinski definition) is 2. The van der Waals surface area contributed by atoms with Crippen molar-refractivity contribution in [3.63, 3.8) is 0 Å². The highest BCUT2D eigenvalue weighted by Crippen LogP contribution is 2.26. The molecule has 3 nitrogen and oxygen atoms in total. The zero-order chi connectivity index (χ0) is 16.8. The minimum atomic E-state index is -2.45. The third-order valence-corrected chi connectivity index (χ3v) is 3.91. The molecule has 2 N–H and O–H groups in total. The van der Waals surface area contributed by atoms with Crippen molar-refractivity contribution in [1.82, 2.24) is 0 Å². The van der Waals surface area contributed by atoms with E-state index in [2.05, 4.69) is 10.6 Å². The number of hydrogen-bond acceptors (Lipinski definition) is 3. The molecule has 0 spiro atoms. The lowest BCUT2D eigenvalue weighted by Crippen LogP contribution is -2.22. The number of halogens is 2. The van der Waals surface area contributed by atoms with Crippen LogP contribution in [0.5, 0.6) is 0 Å². The van der Waals surface area contributed by atoms with E-state index < -0.39 is 5.76 Å². The molecule has 0 aliphatic heterocycles. The monoisotopic (exact) mass is 336 g/mol. The van der Waals surface area contributed by atoms with Gasteiger partial charge in [0.05, 0.1) is 6.54 Å². The van der Waals surface area contributed by atoms with E-state index in [-0.39, 0.29) is 12.5 Å². The zero-order valence-corrected chi connectivity index (χ0v) is 13.7. The fourth-order valence-corrected chi connectivity index (χ4v) is 2.61. The van der Waals surface area contributed by atoms with Gasteiger partial charge in [-0.15, -0.1) is 0 Å². The SMILES string of the molecule is Cc1ccc(NCC(=O)Nc2ccc(SC(F)F)cc2)c(C)c1. The van der Waals surface area contributed by atoms with Crippen molar-refractivity contribution in [2.75, 3.05) is 17.2 Å². The van der Waals surface area contributed by atoms with Crippen LogP contribution in [0.25, 0.3) is 0 Å². The third kappa shape index (κ3) is 5.56. The first-order valence-corrected chi connectivity index (χ1v) is 7.98. The minimum absolute atomic E-state index is 0.136. The average molecular weight is 336 g/mol. The highest BCUT2D eigenvalue weighted by atomic mass is 32.2. The van der Waals surface area contributed by atoms with Crippen LogP contribution in [0.15, 0.2) is 47.4 Å². The molecule has 0 aliphatic carbocycles. The number of carbonyl (C=O) groups excluding carboxylic acids is 1. The first kappa shape index (κ1) is 17.3. The van der Waals surface area contributed by atoms with Gasteiger partial charge in [-0.3, -0.25) is 4.79 Å². The summed E-state index contributed by atoms with van der Waals surface area (Å²) < 4.78 is 24.5. The fourth-order valence-electron chi connectivity index (χ4n) is 2.11. The number of amides is 1. The topological polar surface area (TPSA) is 41.1 Å². The molecule has 122 valence electrons. The van der Waals surface area contributed by atoms with Crippen LogP contribution in [-0.4, -0.2) is 18.2 Å². The number of rotatable bonds is 6. The molecule has 2 rings (SSSR count). The Hall–Kier alpha value is -2.08. The maximum absolute atomic E-state index is 12.2.